The highest BCUT2D eigenvalue weighted by Gasteiger charge is 2.34. The predicted molar refractivity (Wildman–Crippen MR) is 178 cm³/mol. The smallest absolute Gasteiger partial charge is 0.410 e. The number of ether oxygens (including phenoxy) is 1. The molecule has 11 nitrogen and oxygen atoms in total. The summed E-state index contributed by atoms with van der Waals surface area (Å²) in [6.45, 7) is 18.8. The van der Waals surface area contributed by atoms with Crippen LogP contribution in [0.15, 0.2) is 23.0 Å². The number of likely N-dealkylation sites (tertiary alicyclic amines) is 1. The Morgan fingerprint density at radius 3 is 2.40 bits per heavy atom. The number of nitrogens with one attached hydrogen (secondary N) is 5. The minimum Gasteiger partial charge on any atom is -0.444 e. The van der Waals surface area contributed by atoms with Gasteiger partial charge in [0.25, 0.3) is 11.5 Å². The molecule has 0 atom stereocenters. The van der Waals surface area contributed by atoms with E-state index < -0.39 is 11.5 Å². The van der Waals surface area contributed by atoms with E-state index in [2.05, 4.69) is 54.7 Å². The molecule has 0 bridgehead atoms. The van der Waals surface area contributed by atoms with Crippen LogP contribution in [0.25, 0.3) is 5.57 Å². The maximum Gasteiger partial charge on any atom is 0.410 e. The van der Waals surface area contributed by atoms with E-state index in [9.17, 15) is 14.4 Å². The lowest BCUT2D eigenvalue weighted by Gasteiger charge is -2.41. The van der Waals surface area contributed by atoms with Gasteiger partial charge in [0.05, 0.1) is 11.3 Å². The molecule has 0 radical (unpaired) electrons. The molecule has 0 saturated carbocycles. The summed E-state index contributed by atoms with van der Waals surface area (Å²) in [5.74, 6) is 0.0511. The quantitative estimate of drug-likeness (QED) is 0.272. The summed E-state index contributed by atoms with van der Waals surface area (Å²) in [5.41, 5.74) is 3.07. The van der Waals surface area contributed by atoms with E-state index in [-0.39, 0.29) is 35.3 Å². The molecule has 4 heterocycles. The van der Waals surface area contributed by atoms with Crippen LogP contribution in [-0.2, 0) is 11.3 Å². The van der Waals surface area contributed by atoms with Crippen LogP contribution in [-0.4, -0.2) is 68.9 Å². The summed E-state index contributed by atoms with van der Waals surface area (Å²) in [6, 6.07) is 3.60. The maximum atomic E-state index is 13.8. The van der Waals surface area contributed by atoms with Crippen LogP contribution in [0.2, 0.25) is 0 Å². The molecule has 2 aliphatic heterocycles. The van der Waals surface area contributed by atoms with Crippen molar-refractivity contribution in [3.05, 3.63) is 62.2 Å². The van der Waals surface area contributed by atoms with Crippen LogP contribution in [0, 0.1) is 19.3 Å². The molecule has 0 aromatic carbocycles. The molecule has 45 heavy (non-hydrogen) atoms. The van der Waals surface area contributed by atoms with E-state index in [1.54, 1.807) is 11.0 Å². The average Bonchev–Trinajstić information content (AvgIpc) is 2.89. The summed E-state index contributed by atoms with van der Waals surface area (Å²) < 4.78 is 5.55. The molecule has 11 heteroatoms. The van der Waals surface area contributed by atoms with Gasteiger partial charge >= 0.3 is 6.09 Å². The number of aromatic amines is 1. The molecule has 4 rings (SSSR count). The van der Waals surface area contributed by atoms with Crippen molar-refractivity contribution in [1.82, 2.24) is 25.5 Å². The molecular formula is C34H49N7O4. The van der Waals surface area contributed by atoms with Crippen molar-refractivity contribution >= 4 is 29.6 Å². The standard InChI is InChI=1S/C34H49N7O4/c1-20-14-21(2)37-30(43)26(20)19-36-29(42)24-15-27(22-16-33(6,7)40-34(8,9)17-22)39-28(25(24)18-35)38-23-10-12-41(13-11-23)31(44)45-32(3,4)5/h14-16,18,23,35,40H,10-13,17,19H2,1-9H3,(H,36,42)(H,37,43)(H,38,39). The minimum absolute atomic E-state index is 0.0234. The third kappa shape index (κ3) is 8.59. The molecule has 2 amide bonds. The van der Waals surface area contributed by atoms with Gasteiger partial charge in [-0.1, -0.05) is 6.08 Å². The molecule has 5 N–H and O–H groups in total. The summed E-state index contributed by atoms with van der Waals surface area (Å²) >= 11 is 0. The number of H-pyrrole nitrogens is 1. The Balaban J connectivity index is 1.66. The van der Waals surface area contributed by atoms with Crippen LogP contribution in [0.4, 0.5) is 10.6 Å². The topological polar surface area (TPSA) is 152 Å². The van der Waals surface area contributed by atoms with E-state index in [1.165, 1.54) is 0 Å². The predicted octanol–water partition coefficient (Wildman–Crippen LogP) is 5.06. The van der Waals surface area contributed by atoms with Crippen LogP contribution >= 0.6 is 0 Å². The van der Waals surface area contributed by atoms with Crippen molar-refractivity contribution in [3.63, 3.8) is 0 Å². The van der Waals surface area contributed by atoms with Gasteiger partial charge in [-0.2, -0.15) is 0 Å². The Kier molecular flexibility index (Phi) is 9.63. The number of anilines is 1. The second-order valence-electron chi connectivity index (χ2n) is 14.6. The van der Waals surface area contributed by atoms with E-state index in [0.29, 0.717) is 60.6 Å². The highest BCUT2D eigenvalue weighted by atomic mass is 16.6. The molecule has 0 aliphatic carbocycles. The lowest BCUT2D eigenvalue weighted by molar-refractivity contribution is 0.0210. The van der Waals surface area contributed by atoms with E-state index in [1.807, 2.05) is 40.7 Å². The zero-order valence-electron chi connectivity index (χ0n) is 28.2. The number of pyridine rings is 2. The van der Waals surface area contributed by atoms with Gasteiger partial charge in [0.2, 0.25) is 0 Å². The molecule has 0 spiro atoms. The van der Waals surface area contributed by atoms with Crippen molar-refractivity contribution in [2.45, 2.75) is 111 Å². The fourth-order valence-corrected chi connectivity index (χ4v) is 6.33. The van der Waals surface area contributed by atoms with Gasteiger partial charge in [0.15, 0.2) is 0 Å². The molecule has 2 aromatic rings. The Hall–Kier alpha value is -3.99. The van der Waals surface area contributed by atoms with E-state index >= 15 is 0 Å². The molecule has 1 fully saturated rings. The van der Waals surface area contributed by atoms with Gasteiger partial charge < -0.3 is 36.0 Å². The number of rotatable bonds is 7. The first kappa shape index (κ1) is 33.9. The van der Waals surface area contributed by atoms with Gasteiger partial charge in [0.1, 0.15) is 11.4 Å². The third-order valence-electron chi connectivity index (χ3n) is 8.01. The zero-order valence-corrected chi connectivity index (χ0v) is 28.2. The Labute approximate surface area is 266 Å². The molecule has 1 saturated heterocycles. The fraction of sp³-hybridized carbons (Fsp3) is 0.559. The first-order valence-corrected chi connectivity index (χ1v) is 15.7. The number of aromatic nitrogens is 2. The zero-order chi connectivity index (χ0) is 33.3. The SMILES string of the molecule is Cc1cc(C)c(CNC(=O)c2cc(C3=CC(C)(C)NC(C)(C)C3)nc(NC3CCN(C(=O)OC(C)(C)C)CC3)c2C=N)c(=O)[nH]1. The highest BCUT2D eigenvalue weighted by molar-refractivity contribution is 6.05. The second kappa shape index (κ2) is 12.8. The normalized spacial score (nSPS) is 18.2. The number of carbonyl (C=O) groups excluding carboxylic acids is 2. The van der Waals surface area contributed by atoms with Crippen LogP contribution in [0.5, 0.6) is 0 Å². The van der Waals surface area contributed by atoms with Crippen molar-refractivity contribution in [2.75, 3.05) is 18.4 Å². The molecule has 0 unspecified atom stereocenters. The Morgan fingerprint density at radius 1 is 1.16 bits per heavy atom. The number of aryl methyl sites for hydroxylation is 2. The number of carbonyl (C=O) groups is 2. The van der Waals surface area contributed by atoms with Crippen molar-refractivity contribution in [1.29, 1.82) is 5.41 Å². The number of nitrogens with zero attached hydrogens (tertiary/aromatic N) is 2. The lowest BCUT2D eigenvalue weighted by Crippen LogP contribution is -2.53. The van der Waals surface area contributed by atoms with Crippen molar-refractivity contribution in [2.24, 2.45) is 0 Å². The fourth-order valence-electron chi connectivity index (χ4n) is 6.33. The summed E-state index contributed by atoms with van der Waals surface area (Å²) in [7, 11) is 0. The Bertz CT molecular complexity index is 1560. The summed E-state index contributed by atoms with van der Waals surface area (Å²) in [5, 5.41) is 18.4. The van der Waals surface area contributed by atoms with Crippen LogP contribution in [0.1, 0.15) is 106 Å². The van der Waals surface area contributed by atoms with E-state index in [0.717, 1.165) is 23.0 Å². The maximum absolute atomic E-state index is 13.8. The number of amides is 2. The van der Waals surface area contributed by atoms with Crippen molar-refractivity contribution < 1.29 is 14.3 Å². The molecule has 244 valence electrons. The summed E-state index contributed by atoms with van der Waals surface area (Å²) in [4.78, 5) is 48.5. The van der Waals surface area contributed by atoms with Crippen molar-refractivity contribution in [3.8, 4) is 0 Å². The van der Waals surface area contributed by atoms with Crippen LogP contribution in [0.3, 0.4) is 0 Å². The average molecular weight is 620 g/mol. The van der Waals surface area contributed by atoms with Gasteiger partial charge in [-0.05, 0) is 105 Å². The third-order valence-corrected chi connectivity index (χ3v) is 8.01. The number of hydrogen-bond donors (Lipinski definition) is 5. The monoisotopic (exact) mass is 619 g/mol. The molecule has 2 aliphatic rings. The number of piperidine rings is 1. The Morgan fingerprint density at radius 2 is 1.82 bits per heavy atom. The van der Waals surface area contributed by atoms with Gasteiger partial charge in [0, 0.05) is 59.8 Å². The first-order valence-electron chi connectivity index (χ1n) is 15.7. The second-order valence-corrected chi connectivity index (χ2v) is 14.6. The lowest BCUT2D eigenvalue weighted by atomic mass is 9.82. The minimum atomic E-state index is -0.565. The molecule has 2 aromatic heterocycles. The first-order chi connectivity index (χ1) is 20.9. The van der Waals surface area contributed by atoms with Gasteiger partial charge in [-0.25, -0.2) is 9.78 Å². The van der Waals surface area contributed by atoms with Crippen LogP contribution < -0.4 is 21.5 Å². The van der Waals surface area contributed by atoms with E-state index in [4.69, 9.17) is 15.1 Å². The molecular weight excluding hydrogens is 570 g/mol. The largest absolute Gasteiger partial charge is 0.444 e. The summed E-state index contributed by atoms with van der Waals surface area (Å²) in [6.07, 6.45) is 4.98. The highest BCUT2D eigenvalue weighted by Crippen LogP contribution is 2.35. The van der Waals surface area contributed by atoms with Gasteiger partial charge in [-0.15, -0.1) is 0 Å². The van der Waals surface area contributed by atoms with Gasteiger partial charge in [-0.3, -0.25) is 9.59 Å². The number of hydrogen-bond acceptors (Lipinski definition) is 8.